The van der Waals surface area contributed by atoms with Gasteiger partial charge >= 0.3 is 11.9 Å². The molecule has 2 aromatic rings. The Bertz CT molecular complexity index is 1280. The number of imide groups is 1. The van der Waals surface area contributed by atoms with E-state index in [1.165, 1.54) is 23.1 Å². The average molecular weight is 543 g/mol. The number of benzene rings is 1. The monoisotopic (exact) mass is 542 g/mol. The predicted octanol–water partition coefficient (Wildman–Crippen LogP) is 4.05. The maximum atomic E-state index is 13.4. The number of anilines is 2. The molecule has 2 heterocycles. The second-order valence-corrected chi connectivity index (χ2v) is 11.2. The zero-order valence-electron chi connectivity index (χ0n) is 20.3. The standard InChI is InChI=1S/C26H26N2O7S2/c1-3-35-26(34)23-17-9-4-14(2)12-18(17)37-25(23)28-21(30)13-19(24(28)33)36-16-7-5-15(6-8-16)27-20(29)10-11-22(31)32/h5-8,10-11,14,19H,3-4,9,12-13H2,1-2H3,(H,27,29)(H,31,32)/b11-10+/t14-,19-/m1/s1. The third-order valence-corrected chi connectivity index (χ3v) is 8.50. The highest BCUT2D eigenvalue weighted by Gasteiger charge is 2.44. The van der Waals surface area contributed by atoms with Gasteiger partial charge in [0.25, 0.3) is 0 Å². The van der Waals surface area contributed by atoms with E-state index in [4.69, 9.17) is 9.84 Å². The topological polar surface area (TPSA) is 130 Å². The fraction of sp³-hybridized carbons (Fsp3) is 0.346. The molecule has 1 aromatic heterocycles. The predicted molar refractivity (Wildman–Crippen MR) is 140 cm³/mol. The maximum Gasteiger partial charge on any atom is 0.341 e. The summed E-state index contributed by atoms with van der Waals surface area (Å²) in [6, 6.07) is 6.66. The molecule has 1 aliphatic heterocycles. The molecule has 4 rings (SSSR count). The van der Waals surface area contributed by atoms with Crippen LogP contribution in [-0.4, -0.2) is 46.6 Å². The van der Waals surface area contributed by atoms with E-state index in [1.807, 2.05) is 0 Å². The lowest BCUT2D eigenvalue weighted by molar-refractivity contribution is -0.131. The van der Waals surface area contributed by atoms with E-state index in [0.29, 0.717) is 28.6 Å². The molecule has 1 aliphatic carbocycles. The number of carboxylic acid groups (broad SMARTS) is 1. The molecule has 194 valence electrons. The van der Waals surface area contributed by atoms with Crippen molar-refractivity contribution >= 4 is 63.4 Å². The molecule has 0 bridgehead atoms. The highest BCUT2D eigenvalue weighted by Crippen LogP contribution is 2.45. The Balaban J connectivity index is 1.51. The van der Waals surface area contributed by atoms with Gasteiger partial charge in [-0.2, -0.15) is 0 Å². The quantitative estimate of drug-likeness (QED) is 0.290. The van der Waals surface area contributed by atoms with E-state index >= 15 is 0 Å². The first-order valence-electron chi connectivity index (χ1n) is 11.8. The van der Waals surface area contributed by atoms with E-state index in [9.17, 15) is 24.0 Å². The van der Waals surface area contributed by atoms with E-state index in [1.54, 1.807) is 31.2 Å². The molecule has 1 saturated heterocycles. The van der Waals surface area contributed by atoms with Crippen LogP contribution in [0.1, 0.15) is 47.5 Å². The number of thioether (sulfide) groups is 1. The van der Waals surface area contributed by atoms with Crippen LogP contribution in [0.3, 0.4) is 0 Å². The van der Waals surface area contributed by atoms with Crippen LogP contribution in [0.25, 0.3) is 0 Å². The van der Waals surface area contributed by atoms with Crippen molar-refractivity contribution in [1.82, 2.24) is 0 Å². The zero-order chi connectivity index (χ0) is 26.7. The third-order valence-electron chi connectivity index (χ3n) is 6.06. The van der Waals surface area contributed by atoms with Crippen molar-refractivity contribution < 1.29 is 33.8 Å². The summed E-state index contributed by atoms with van der Waals surface area (Å²) in [6.07, 6.45) is 4.10. The first-order chi connectivity index (χ1) is 17.7. The summed E-state index contributed by atoms with van der Waals surface area (Å²) in [5, 5.41) is 10.9. The molecule has 2 aliphatic rings. The Morgan fingerprint density at radius 1 is 1.19 bits per heavy atom. The number of carboxylic acids is 1. The number of amides is 3. The summed E-state index contributed by atoms with van der Waals surface area (Å²) in [5.41, 5.74) is 1.69. The second kappa shape index (κ2) is 11.3. The van der Waals surface area contributed by atoms with Gasteiger partial charge in [0.05, 0.1) is 17.4 Å². The smallest absolute Gasteiger partial charge is 0.341 e. The molecule has 0 spiro atoms. The van der Waals surface area contributed by atoms with Gasteiger partial charge in [-0.25, -0.2) is 14.5 Å². The number of thiophene rings is 1. The SMILES string of the molecule is CCOC(=O)c1c(N2C(=O)C[C@@H](Sc3ccc(NC(=O)/C=C/C(=O)O)cc3)C2=O)sc2c1CC[C@@H](C)C2. The van der Waals surface area contributed by atoms with Gasteiger partial charge in [-0.1, -0.05) is 6.92 Å². The minimum atomic E-state index is -1.22. The van der Waals surface area contributed by atoms with Crippen LogP contribution in [-0.2, 0) is 36.8 Å². The maximum absolute atomic E-state index is 13.4. The summed E-state index contributed by atoms with van der Waals surface area (Å²) in [7, 11) is 0. The number of ether oxygens (including phenoxy) is 1. The molecule has 2 N–H and O–H groups in total. The fourth-order valence-electron chi connectivity index (χ4n) is 4.33. The van der Waals surface area contributed by atoms with Crippen molar-refractivity contribution in [2.75, 3.05) is 16.8 Å². The van der Waals surface area contributed by atoms with Crippen LogP contribution in [0.15, 0.2) is 41.3 Å². The molecular formula is C26H26N2O7S2. The zero-order valence-corrected chi connectivity index (χ0v) is 21.9. The van der Waals surface area contributed by atoms with Crippen LogP contribution in [0.5, 0.6) is 0 Å². The van der Waals surface area contributed by atoms with Gasteiger partial charge in [-0.15, -0.1) is 23.1 Å². The van der Waals surface area contributed by atoms with Crippen LogP contribution in [0.2, 0.25) is 0 Å². The first kappa shape index (κ1) is 26.6. The fourth-order valence-corrected chi connectivity index (χ4v) is 6.90. The number of nitrogens with one attached hydrogen (secondary N) is 1. The number of fused-ring (bicyclic) bond motifs is 1. The van der Waals surface area contributed by atoms with Crippen LogP contribution in [0, 0.1) is 5.92 Å². The Hall–Kier alpha value is -3.44. The molecule has 3 amide bonds. The summed E-state index contributed by atoms with van der Waals surface area (Å²) < 4.78 is 5.29. The summed E-state index contributed by atoms with van der Waals surface area (Å²) >= 11 is 2.57. The minimum Gasteiger partial charge on any atom is -0.478 e. The Labute approximate surface area is 221 Å². The molecular weight excluding hydrogens is 516 g/mol. The van der Waals surface area contributed by atoms with Gasteiger partial charge in [-0.3, -0.25) is 14.4 Å². The molecule has 0 radical (unpaired) electrons. The highest BCUT2D eigenvalue weighted by atomic mass is 32.2. The van der Waals surface area contributed by atoms with Crippen LogP contribution in [0.4, 0.5) is 10.7 Å². The number of hydrogen-bond donors (Lipinski definition) is 2. The lowest BCUT2D eigenvalue weighted by atomic mass is 9.88. The van der Waals surface area contributed by atoms with Crippen molar-refractivity contribution in [2.24, 2.45) is 5.92 Å². The average Bonchev–Trinajstić information content (AvgIpc) is 3.34. The number of hydrogen-bond acceptors (Lipinski definition) is 8. The van der Waals surface area contributed by atoms with E-state index in [2.05, 4.69) is 12.2 Å². The Kier molecular flexibility index (Phi) is 8.13. The number of carbonyl (C=O) groups excluding carboxylic acids is 4. The molecule has 2 atom stereocenters. The van der Waals surface area contributed by atoms with Gasteiger partial charge in [-0.05, 0) is 61.9 Å². The summed E-state index contributed by atoms with van der Waals surface area (Å²) in [6.45, 7) is 4.07. The van der Waals surface area contributed by atoms with Crippen LogP contribution >= 0.6 is 23.1 Å². The first-order valence-corrected chi connectivity index (χ1v) is 13.5. The second-order valence-electron chi connectivity index (χ2n) is 8.82. The number of aliphatic carboxylic acids is 1. The number of esters is 1. The van der Waals surface area contributed by atoms with Gasteiger partial charge in [0.1, 0.15) is 5.00 Å². The van der Waals surface area contributed by atoms with E-state index in [-0.39, 0.29) is 24.8 Å². The normalized spacial score (nSPS) is 19.2. The lowest BCUT2D eigenvalue weighted by Gasteiger charge is -2.18. The highest BCUT2D eigenvalue weighted by molar-refractivity contribution is 8.00. The number of nitrogens with zero attached hydrogens (tertiary/aromatic N) is 1. The van der Waals surface area contributed by atoms with E-state index in [0.717, 1.165) is 45.2 Å². The van der Waals surface area contributed by atoms with Crippen LogP contribution < -0.4 is 10.2 Å². The minimum absolute atomic E-state index is 0.00318. The summed E-state index contributed by atoms with van der Waals surface area (Å²) in [4.78, 5) is 64.5. The van der Waals surface area contributed by atoms with E-state index < -0.39 is 23.1 Å². The van der Waals surface area contributed by atoms with Gasteiger partial charge in [0, 0.05) is 34.0 Å². The van der Waals surface area contributed by atoms with Crippen molar-refractivity contribution in [3.8, 4) is 0 Å². The van der Waals surface area contributed by atoms with Crippen molar-refractivity contribution in [3.05, 3.63) is 52.4 Å². The molecule has 0 unspecified atom stereocenters. The van der Waals surface area contributed by atoms with Crippen molar-refractivity contribution in [3.63, 3.8) is 0 Å². The van der Waals surface area contributed by atoms with Crippen molar-refractivity contribution in [1.29, 1.82) is 0 Å². The van der Waals surface area contributed by atoms with Gasteiger partial charge in [0.2, 0.25) is 17.7 Å². The van der Waals surface area contributed by atoms with Crippen molar-refractivity contribution in [2.45, 2.75) is 49.7 Å². The third kappa shape index (κ3) is 5.94. The lowest BCUT2D eigenvalue weighted by Crippen LogP contribution is -2.32. The van der Waals surface area contributed by atoms with Gasteiger partial charge < -0.3 is 15.2 Å². The number of carbonyl (C=O) groups is 5. The Morgan fingerprint density at radius 3 is 2.59 bits per heavy atom. The molecule has 1 aromatic carbocycles. The molecule has 11 heteroatoms. The van der Waals surface area contributed by atoms with Gasteiger partial charge in [0.15, 0.2) is 0 Å². The Morgan fingerprint density at radius 2 is 1.92 bits per heavy atom. The molecule has 9 nitrogen and oxygen atoms in total. The molecule has 37 heavy (non-hydrogen) atoms. The molecule has 1 fully saturated rings. The largest absolute Gasteiger partial charge is 0.478 e. The summed E-state index contributed by atoms with van der Waals surface area (Å²) in [5.74, 6) is -2.57. The molecule has 0 saturated carbocycles. The number of rotatable bonds is 8.